The van der Waals surface area contributed by atoms with Crippen LogP contribution in [0.15, 0.2) is 77.8 Å². The topological polar surface area (TPSA) is 109 Å². The van der Waals surface area contributed by atoms with Gasteiger partial charge in [0, 0.05) is 28.7 Å². The summed E-state index contributed by atoms with van der Waals surface area (Å²) in [5, 5.41) is 6.73. The van der Waals surface area contributed by atoms with E-state index in [1.165, 1.54) is 12.1 Å². The molecule has 4 aromatic rings. The van der Waals surface area contributed by atoms with Gasteiger partial charge < -0.3 is 10.6 Å². The van der Waals surface area contributed by atoms with E-state index in [-0.39, 0.29) is 4.90 Å². The maximum Gasteiger partial charge on any atom is 0.261 e. The van der Waals surface area contributed by atoms with E-state index in [9.17, 15) is 8.42 Å². The minimum atomic E-state index is -3.74. The fourth-order valence-corrected chi connectivity index (χ4v) is 4.41. The summed E-state index contributed by atoms with van der Waals surface area (Å²) in [5.41, 5.74) is 2.24. The van der Waals surface area contributed by atoms with E-state index in [4.69, 9.17) is 11.6 Å². The zero-order valence-electron chi connectivity index (χ0n) is 17.9. The molecule has 0 fully saturated rings. The van der Waals surface area contributed by atoms with Gasteiger partial charge in [-0.2, -0.15) is 0 Å². The first kappa shape index (κ1) is 22.5. The number of nitrogens with one attached hydrogen (secondary N) is 3. The van der Waals surface area contributed by atoms with Gasteiger partial charge in [0.1, 0.15) is 23.3 Å². The highest BCUT2D eigenvalue weighted by atomic mass is 35.5. The number of sulfonamides is 1. The molecule has 2 heterocycles. The van der Waals surface area contributed by atoms with Crippen molar-refractivity contribution < 1.29 is 8.42 Å². The molecule has 0 saturated carbocycles. The van der Waals surface area contributed by atoms with Crippen LogP contribution < -0.4 is 15.4 Å². The Morgan fingerprint density at radius 2 is 1.48 bits per heavy atom. The van der Waals surface area contributed by atoms with Gasteiger partial charge in [-0.15, -0.1) is 0 Å². The summed E-state index contributed by atoms with van der Waals surface area (Å²) in [6.45, 7) is 3.79. The van der Waals surface area contributed by atoms with Crippen LogP contribution in [0.4, 0.5) is 28.8 Å². The molecule has 0 atom stereocenters. The SMILES string of the molecule is Cc1ccnc(Nc2cc(Nc3ccc(NS(=O)(=O)c4cccc(Cl)c4)cc3)nc(C)n2)c1. The van der Waals surface area contributed by atoms with Crippen LogP contribution in [0.25, 0.3) is 0 Å². The molecule has 10 heteroatoms. The van der Waals surface area contributed by atoms with Crippen molar-refractivity contribution in [3.8, 4) is 0 Å². The zero-order valence-corrected chi connectivity index (χ0v) is 19.4. The Hall–Kier alpha value is -3.69. The van der Waals surface area contributed by atoms with E-state index in [1.807, 2.05) is 19.1 Å². The third-order valence-corrected chi connectivity index (χ3v) is 6.14. The summed E-state index contributed by atoms with van der Waals surface area (Å²) >= 11 is 5.91. The van der Waals surface area contributed by atoms with Crippen LogP contribution in [0, 0.1) is 13.8 Å². The molecular formula is C23H21ClN6O2S. The van der Waals surface area contributed by atoms with Crippen LogP contribution in [0.2, 0.25) is 5.02 Å². The quantitative estimate of drug-likeness (QED) is 0.323. The minimum absolute atomic E-state index is 0.0943. The van der Waals surface area contributed by atoms with Gasteiger partial charge in [-0.3, -0.25) is 4.72 Å². The summed E-state index contributed by atoms with van der Waals surface area (Å²) in [6.07, 6.45) is 1.73. The second-order valence-corrected chi connectivity index (χ2v) is 9.41. The molecule has 33 heavy (non-hydrogen) atoms. The lowest BCUT2D eigenvalue weighted by Crippen LogP contribution is -2.12. The van der Waals surface area contributed by atoms with Crippen LogP contribution in [-0.2, 0) is 10.0 Å². The number of aromatic nitrogens is 3. The lowest BCUT2D eigenvalue weighted by Gasteiger charge is -2.12. The predicted molar refractivity (Wildman–Crippen MR) is 131 cm³/mol. The smallest absolute Gasteiger partial charge is 0.261 e. The van der Waals surface area contributed by atoms with Crippen molar-refractivity contribution in [2.45, 2.75) is 18.7 Å². The number of hydrogen-bond donors (Lipinski definition) is 3. The largest absolute Gasteiger partial charge is 0.340 e. The van der Waals surface area contributed by atoms with Crippen LogP contribution in [-0.4, -0.2) is 23.4 Å². The number of hydrogen-bond acceptors (Lipinski definition) is 7. The molecule has 4 rings (SSSR count). The summed E-state index contributed by atoms with van der Waals surface area (Å²) in [5.74, 6) is 2.47. The molecule has 2 aromatic heterocycles. The van der Waals surface area contributed by atoms with E-state index in [0.717, 1.165) is 11.3 Å². The van der Waals surface area contributed by atoms with Gasteiger partial charge in [0.15, 0.2) is 0 Å². The van der Waals surface area contributed by atoms with Gasteiger partial charge in [0.2, 0.25) is 0 Å². The van der Waals surface area contributed by atoms with E-state index >= 15 is 0 Å². The molecule has 168 valence electrons. The zero-order chi connectivity index (χ0) is 23.4. The van der Waals surface area contributed by atoms with Crippen LogP contribution in [0.3, 0.4) is 0 Å². The number of nitrogens with zero attached hydrogens (tertiary/aromatic N) is 3. The Bertz CT molecular complexity index is 1390. The molecule has 8 nitrogen and oxygen atoms in total. The van der Waals surface area contributed by atoms with Crippen molar-refractivity contribution in [1.82, 2.24) is 15.0 Å². The number of anilines is 5. The van der Waals surface area contributed by atoms with E-state index in [0.29, 0.717) is 34.0 Å². The van der Waals surface area contributed by atoms with Gasteiger partial charge in [0.25, 0.3) is 10.0 Å². The van der Waals surface area contributed by atoms with Crippen molar-refractivity contribution in [3.63, 3.8) is 0 Å². The Morgan fingerprint density at radius 1 is 0.788 bits per heavy atom. The molecule has 0 bridgehead atoms. The number of aryl methyl sites for hydroxylation is 2. The maximum atomic E-state index is 12.6. The number of pyridine rings is 1. The van der Waals surface area contributed by atoms with E-state index in [2.05, 4.69) is 30.3 Å². The van der Waals surface area contributed by atoms with Crippen molar-refractivity contribution >= 4 is 50.5 Å². The highest BCUT2D eigenvalue weighted by Gasteiger charge is 2.14. The fraction of sp³-hybridized carbons (Fsp3) is 0.0870. The molecule has 0 spiro atoms. The van der Waals surface area contributed by atoms with Gasteiger partial charge in [-0.05, 0) is 74.0 Å². The van der Waals surface area contributed by atoms with E-state index in [1.54, 1.807) is 55.6 Å². The van der Waals surface area contributed by atoms with Gasteiger partial charge in [-0.1, -0.05) is 17.7 Å². The summed E-state index contributed by atoms with van der Waals surface area (Å²) < 4.78 is 27.7. The number of halogens is 1. The first-order valence-corrected chi connectivity index (χ1v) is 11.8. The second kappa shape index (κ2) is 9.43. The Balaban J connectivity index is 1.47. The van der Waals surface area contributed by atoms with Crippen LogP contribution in [0.1, 0.15) is 11.4 Å². The first-order valence-electron chi connectivity index (χ1n) is 9.98. The molecule has 0 unspecified atom stereocenters. The Kier molecular flexibility index (Phi) is 6.43. The first-order chi connectivity index (χ1) is 15.8. The Labute approximate surface area is 197 Å². The van der Waals surface area contributed by atoms with Crippen molar-refractivity contribution in [1.29, 1.82) is 0 Å². The third kappa shape index (κ3) is 5.97. The average molecular weight is 481 g/mol. The van der Waals surface area contributed by atoms with Crippen LogP contribution in [0.5, 0.6) is 0 Å². The van der Waals surface area contributed by atoms with Crippen molar-refractivity contribution in [3.05, 3.63) is 89.3 Å². The van der Waals surface area contributed by atoms with Gasteiger partial charge in [0.05, 0.1) is 4.90 Å². The predicted octanol–water partition coefficient (Wildman–Crippen LogP) is 5.43. The van der Waals surface area contributed by atoms with Crippen molar-refractivity contribution in [2.24, 2.45) is 0 Å². The molecule has 0 aliphatic heterocycles. The second-order valence-electron chi connectivity index (χ2n) is 7.29. The summed E-state index contributed by atoms with van der Waals surface area (Å²) in [7, 11) is -3.74. The third-order valence-electron chi connectivity index (χ3n) is 4.53. The average Bonchev–Trinajstić information content (AvgIpc) is 2.75. The van der Waals surface area contributed by atoms with E-state index < -0.39 is 10.0 Å². The van der Waals surface area contributed by atoms with Gasteiger partial charge in [-0.25, -0.2) is 23.4 Å². The molecule has 0 aliphatic carbocycles. The molecule has 0 radical (unpaired) electrons. The molecule has 3 N–H and O–H groups in total. The minimum Gasteiger partial charge on any atom is -0.340 e. The highest BCUT2D eigenvalue weighted by molar-refractivity contribution is 7.92. The summed E-state index contributed by atoms with van der Waals surface area (Å²) in [4.78, 5) is 13.2. The molecule has 2 aromatic carbocycles. The molecule has 0 saturated heterocycles. The monoisotopic (exact) mass is 480 g/mol. The molecule has 0 aliphatic rings. The maximum absolute atomic E-state index is 12.6. The highest BCUT2D eigenvalue weighted by Crippen LogP contribution is 2.23. The normalized spacial score (nSPS) is 11.1. The lowest BCUT2D eigenvalue weighted by molar-refractivity contribution is 0.601. The molecule has 0 amide bonds. The van der Waals surface area contributed by atoms with Gasteiger partial charge >= 0.3 is 0 Å². The molecular weight excluding hydrogens is 460 g/mol. The van der Waals surface area contributed by atoms with Crippen LogP contribution >= 0.6 is 11.6 Å². The standard InChI is InChI=1S/C23H21ClN6O2S/c1-15-10-11-25-21(12-15)29-23-14-22(26-16(2)27-23)28-18-6-8-19(9-7-18)30-33(31,32)20-5-3-4-17(24)13-20/h3-14,30H,1-2H3,(H2,25,26,27,28,29). The number of rotatable bonds is 7. The number of benzene rings is 2. The van der Waals surface area contributed by atoms with Crippen molar-refractivity contribution in [2.75, 3.05) is 15.4 Å². The fourth-order valence-electron chi connectivity index (χ4n) is 3.05. The lowest BCUT2D eigenvalue weighted by atomic mass is 10.3. The summed E-state index contributed by atoms with van der Waals surface area (Å²) in [6, 6.07) is 18.5. The Morgan fingerprint density at radius 3 is 2.18 bits per heavy atom.